The van der Waals surface area contributed by atoms with E-state index in [4.69, 9.17) is 4.74 Å². The highest BCUT2D eigenvalue weighted by Crippen LogP contribution is 2.27. The molecule has 0 radical (unpaired) electrons. The van der Waals surface area contributed by atoms with Crippen LogP contribution in [0.25, 0.3) is 0 Å². The number of aryl methyl sites for hydroxylation is 3. The molecule has 0 aliphatic carbocycles. The van der Waals surface area contributed by atoms with Gasteiger partial charge in [-0.25, -0.2) is 0 Å². The second-order valence-corrected chi connectivity index (χ2v) is 4.56. The number of hydrogen-bond acceptors (Lipinski definition) is 5. The number of aromatic nitrogens is 3. The lowest BCUT2D eigenvalue weighted by Crippen LogP contribution is -2.02. The van der Waals surface area contributed by atoms with Crippen molar-refractivity contribution in [3.63, 3.8) is 0 Å². The summed E-state index contributed by atoms with van der Waals surface area (Å²) in [6, 6.07) is 5.84. The third-order valence-electron chi connectivity index (χ3n) is 3.15. The summed E-state index contributed by atoms with van der Waals surface area (Å²) in [4.78, 5) is 4.43. The Morgan fingerprint density at radius 1 is 1.20 bits per heavy atom. The average Bonchev–Trinajstić information content (AvgIpc) is 2.45. The van der Waals surface area contributed by atoms with Gasteiger partial charge in [-0.2, -0.15) is 10.4 Å². The van der Waals surface area contributed by atoms with E-state index in [1.807, 2.05) is 39.8 Å². The maximum atomic E-state index is 9.26. The smallest absolute Gasteiger partial charge is 0.257 e. The lowest BCUT2D eigenvalue weighted by Gasteiger charge is -2.11. The highest BCUT2D eigenvalue weighted by atomic mass is 16.5. The number of hydrogen-bond donors (Lipinski definition) is 0. The van der Waals surface area contributed by atoms with Crippen molar-refractivity contribution in [3.8, 4) is 17.7 Å². The molecule has 0 spiro atoms. The molecule has 5 nitrogen and oxygen atoms in total. The first-order valence-corrected chi connectivity index (χ1v) is 6.45. The van der Waals surface area contributed by atoms with E-state index in [-0.39, 0.29) is 5.88 Å². The summed E-state index contributed by atoms with van der Waals surface area (Å²) in [5.41, 5.74) is 3.71. The van der Waals surface area contributed by atoms with Gasteiger partial charge < -0.3 is 4.74 Å². The largest absolute Gasteiger partial charge is 0.435 e. The van der Waals surface area contributed by atoms with E-state index < -0.39 is 0 Å². The van der Waals surface area contributed by atoms with Crippen molar-refractivity contribution in [2.45, 2.75) is 34.1 Å². The molecule has 20 heavy (non-hydrogen) atoms. The molecule has 0 unspecified atom stereocenters. The minimum absolute atomic E-state index is 0.232. The summed E-state index contributed by atoms with van der Waals surface area (Å²) in [5, 5.41) is 17.2. The molecule has 2 rings (SSSR count). The maximum Gasteiger partial charge on any atom is 0.257 e. The Kier molecular flexibility index (Phi) is 3.94. The fourth-order valence-corrected chi connectivity index (χ4v) is 1.84. The summed E-state index contributed by atoms with van der Waals surface area (Å²) < 4.78 is 5.75. The Labute approximate surface area is 118 Å². The average molecular weight is 268 g/mol. The van der Waals surface area contributed by atoms with Gasteiger partial charge in [0.15, 0.2) is 5.75 Å². The molecular formula is C15H16N4O. The summed E-state index contributed by atoms with van der Waals surface area (Å²) in [7, 11) is 0. The number of rotatable bonds is 3. The Hall–Kier alpha value is -2.48. The molecule has 2 aromatic rings. The van der Waals surface area contributed by atoms with Crippen molar-refractivity contribution in [1.29, 1.82) is 5.26 Å². The van der Waals surface area contributed by atoms with Crippen LogP contribution in [0.5, 0.6) is 11.6 Å². The van der Waals surface area contributed by atoms with E-state index in [9.17, 15) is 5.26 Å². The summed E-state index contributed by atoms with van der Waals surface area (Å²) in [6.45, 7) is 7.59. The molecule has 0 saturated carbocycles. The zero-order valence-corrected chi connectivity index (χ0v) is 12.1. The SMILES string of the molecule is CCc1nc(C)ccc1Oc1nnc(C)c(C)c1C#N. The van der Waals surface area contributed by atoms with Crippen LogP contribution in [0.1, 0.15) is 35.1 Å². The zero-order chi connectivity index (χ0) is 14.7. The van der Waals surface area contributed by atoms with Crippen molar-refractivity contribution in [1.82, 2.24) is 15.2 Å². The van der Waals surface area contributed by atoms with E-state index in [0.29, 0.717) is 11.3 Å². The second-order valence-electron chi connectivity index (χ2n) is 4.56. The Morgan fingerprint density at radius 3 is 2.60 bits per heavy atom. The zero-order valence-electron chi connectivity index (χ0n) is 12.1. The van der Waals surface area contributed by atoms with E-state index in [0.717, 1.165) is 29.1 Å². The van der Waals surface area contributed by atoms with E-state index >= 15 is 0 Å². The molecule has 0 aliphatic heterocycles. The molecule has 102 valence electrons. The summed E-state index contributed by atoms with van der Waals surface area (Å²) in [5.74, 6) is 0.850. The minimum Gasteiger partial charge on any atom is -0.435 e. The normalized spacial score (nSPS) is 10.2. The first kappa shape index (κ1) is 13.9. The van der Waals surface area contributed by atoms with Crippen LogP contribution in [0.4, 0.5) is 0 Å². The molecule has 2 aromatic heterocycles. The van der Waals surface area contributed by atoms with Crippen LogP contribution >= 0.6 is 0 Å². The van der Waals surface area contributed by atoms with Gasteiger partial charge in [0.1, 0.15) is 11.6 Å². The van der Waals surface area contributed by atoms with E-state index in [1.54, 1.807) is 0 Å². The minimum atomic E-state index is 0.232. The first-order chi connectivity index (χ1) is 9.56. The van der Waals surface area contributed by atoms with Gasteiger partial charge in [-0.15, -0.1) is 5.10 Å². The molecule has 0 fully saturated rings. The molecule has 5 heteroatoms. The highest BCUT2D eigenvalue weighted by Gasteiger charge is 2.14. The molecule has 0 atom stereocenters. The van der Waals surface area contributed by atoms with Gasteiger partial charge in [0, 0.05) is 5.69 Å². The second kappa shape index (κ2) is 5.66. The maximum absolute atomic E-state index is 9.26. The molecular weight excluding hydrogens is 252 g/mol. The predicted octanol–water partition coefficient (Wildman–Crippen LogP) is 3.02. The lowest BCUT2D eigenvalue weighted by atomic mass is 10.1. The predicted molar refractivity (Wildman–Crippen MR) is 74.6 cm³/mol. The monoisotopic (exact) mass is 268 g/mol. The molecule has 0 N–H and O–H groups in total. The van der Waals surface area contributed by atoms with Crippen molar-refractivity contribution < 1.29 is 4.74 Å². The van der Waals surface area contributed by atoms with Crippen LogP contribution in [0, 0.1) is 32.1 Å². The quantitative estimate of drug-likeness (QED) is 0.855. The fraction of sp³-hybridized carbons (Fsp3) is 0.333. The number of pyridine rings is 1. The molecule has 0 aromatic carbocycles. The van der Waals surface area contributed by atoms with Gasteiger partial charge >= 0.3 is 0 Å². The topological polar surface area (TPSA) is 71.7 Å². The molecule has 0 saturated heterocycles. The molecule has 0 bridgehead atoms. The van der Waals surface area contributed by atoms with Gasteiger partial charge in [0.05, 0.1) is 11.4 Å². The van der Waals surface area contributed by atoms with Crippen LogP contribution in [-0.2, 0) is 6.42 Å². The van der Waals surface area contributed by atoms with Crippen LogP contribution < -0.4 is 4.74 Å². The first-order valence-electron chi connectivity index (χ1n) is 6.45. The molecule has 2 heterocycles. The number of nitrogens with zero attached hydrogens (tertiary/aromatic N) is 4. The molecule has 0 amide bonds. The van der Waals surface area contributed by atoms with Crippen molar-refractivity contribution in [2.75, 3.05) is 0 Å². The van der Waals surface area contributed by atoms with E-state index in [2.05, 4.69) is 21.3 Å². The van der Waals surface area contributed by atoms with Gasteiger partial charge in [-0.1, -0.05) is 6.92 Å². The lowest BCUT2D eigenvalue weighted by molar-refractivity contribution is 0.443. The number of nitriles is 1. The van der Waals surface area contributed by atoms with Crippen LogP contribution in [0.2, 0.25) is 0 Å². The Balaban J connectivity index is 2.46. The van der Waals surface area contributed by atoms with Crippen LogP contribution in [0.15, 0.2) is 12.1 Å². The van der Waals surface area contributed by atoms with Crippen molar-refractivity contribution in [2.24, 2.45) is 0 Å². The third kappa shape index (κ3) is 2.59. The van der Waals surface area contributed by atoms with Crippen molar-refractivity contribution in [3.05, 3.63) is 40.3 Å². The van der Waals surface area contributed by atoms with Gasteiger partial charge in [-0.3, -0.25) is 4.98 Å². The standard InChI is InChI=1S/C15H16N4O/c1-5-13-14(7-6-9(2)17-13)20-15-12(8-16)10(3)11(4)18-19-15/h6-7H,5H2,1-4H3. The van der Waals surface area contributed by atoms with Gasteiger partial charge in [-0.05, 0) is 44.9 Å². The van der Waals surface area contributed by atoms with Gasteiger partial charge in [0.25, 0.3) is 5.88 Å². The van der Waals surface area contributed by atoms with Crippen molar-refractivity contribution >= 4 is 0 Å². The Morgan fingerprint density at radius 2 is 1.95 bits per heavy atom. The fourth-order valence-electron chi connectivity index (χ4n) is 1.84. The highest BCUT2D eigenvalue weighted by molar-refractivity contribution is 5.47. The molecule has 0 aliphatic rings. The summed E-state index contributed by atoms with van der Waals surface area (Å²) >= 11 is 0. The summed E-state index contributed by atoms with van der Waals surface area (Å²) in [6.07, 6.45) is 0.747. The van der Waals surface area contributed by atoms with Crippen LogP contribution in [-0.4, -0.2) is 15.2 Å². The van der Waals surface area contributed by atoms with Crippen LogP contribution in [0.3, 0.4) is 0 Å². The van der Waals surface area contributed by atoms with E-state index in [1.165, 1.54) is 0 Å². The third-order valence-corrected chi connectivity index (χ3v) is 3.15. The number of ether oxygens (including phenoxy) is 1. The van der Waals surface area contributed by atoms with Gasteiger partial charge in [0.2, 0.25) is 0 Å². The Bertz CT molecular complexity index is 689.